The normalized spacial score (nSPS) is 19.7. The van der Waals surface area contributed by atoms with E-state index in [0.29, 0.717) is 31.6 Å². The number of nitrogens with one attached hydrogen (secondary N) is 2. The predicted octanol–water partition coefficient (Wildman–Crippen LogP) is 3.14. The summed E-state index contributed by atoms with van der Waals surface area (Å²) in [6, 6.07) is 5.02. The average molecular weight is 439 g/mol. The molecule has 2 fully saturated rings. The molecule has 0 bridgehead atoms. The largest absolute Gasteiger partial charge is 0.490 e. The van der Waals surface area contributed by atoms with Crippen LogP contribution in [0.2, 0.25) is 0 Å². The van der Waals surface area contributed by atoms with Crippen molar-refractivity contribution < 1.29 is 23.0 Å². The summed E-state index contributed by atoms with van der Waals surface area (Å²) in [4.78, 5) is 18.9. The lowest BCUT2D eigenvalue weighted by molar-refractivity contribution is -0.134. The van der Waals surface area contributed by atoms with E-state index in [1.165, 1.54) is 6.07 Å². The fourth-order valence-electron chi connectivity index (χ4n) is 4.21. The van der Waals surface area contributed by atoms with E-state index in [4.69, 9.17) is 4.74 Å². The number of halogens is 2. The minimum Gasteiger partial charge on any atom is -0.490 e. The van der Waals surface area contributed by atoms with Crippen molar-refractivity contribution in [3.63, 3.8) is 0 Å². The highest BCUT2D eigenvalue weighted by atomic mass is 19.3. The number of aliphatic imine (C=N–C) groups is 1. The van der Waals surface area contributed by atoms with E-state index in [9.17, 15) is 13.6 Å². The summed E-state index contributed by atoms with van der Waals surface area (Å²) in [7, 11) is 1.69. The topological polar surface area (TPSA) is 75.2 Å². The second-order valence-corrected chi connectivity index (χ2v) is 7.91. The number of carbonyl (C=O) groups is 1. The van der Waals surface area contributed by atoms with Gasteiger partial charge in [0.25, 0.3) is 0 Å². The number of likely N-dealkylation sites (tertiary alicyclic amines) is 1. The van der Waals surface area contributed by atoms with E-state index in [0.717, 1.165) is 44.2 Å². The highest BCUT2D eigenvalue weighted by Gasteiger charge is 2.32. The Labute approximate surface area is 182 Å². The highest BCUT2D eigenvalue weighted by molar-refractivity contribution is 5.81. The van der Waals surface area contributed by atoms with Crippen LogP contribution in [0.4, 0.5) is 8.78 Å². The van der Waals surface area contributed by atoms with Crippen LogP contribution in [0, 0.1) is 5.92 Å². The summed E-state index contributed by atoms with van der Waals surface area (Å²) < 4.78 is 35.1. The van der Waals surface area contributed by atoms with Gasteiger partial charge in [-0.05, 0) is 43.9 Å². The molecule has 1 heterocycles. The zero-order valence-corrected chi connectivity index (χ0v) is 18.2. The molecule has 0 aromatic heterocycles. The van der Waals surface area contributed by atoms with Crippen molar-refractivity contribution >= 4 is 11.9 Å². The Morgan fingerprint density at radius 2 is 2.03 bits per heavy atom. The van der Waals surface area contributed by atoms with Crippen molar-refractivity contribution in [1.29, 1.82) is 0 Å². The van der Waals surface area contributed by atoms with Crippen LogP contribution in [-0.2, 0) is 11.3 Å². The fraction of sp³-hybridized carbons (Fsp3) is 0.636. The Morgan fingerprint density at radius 1 is 1.26 bits per heavy atom. The SMILES string of the molecule is CCOc1cc(CNC(=NC)NC2CCN(C(=O)C3CCCC3)C2)ccc1OC(F)F. The van der Waals surface area contributed by atoms with E-state index in [2.05, 4.69) is 20.4 Å². The molecule has 0 radical (unpaired) electrons. The molecule has 1 aliphatic heterocycles. The first-order valence-electron chi connectivity index (χ1n) is 11.0. The van der Waals surface area contributed by atoms with Crippen molar-refractivity contribution in [2.24, 2.45) is 10.9 Å². The maximum Gasteiger partial charge on any atom is 0.387 e. The van der Waals surface area contributed by atoms with Gasteiger partial charge in [0.05, 0.1) is 6.61 Å². The van der Waals surface area contributed by atoms with Crippen LogP contribution in [0.25, 0.3) is 0 Å². The van der Waals surface area contributed by atoms with Crippen molar-refractivity contribution in [2.75, 3.05) is 26.7 Å². The molecule has 1 unspecified atom stereocenters. The molecular formula is C22H32F2N4O3. The Bertz CT molecular complexity index is 769. The minimum absolute atomic E-state index is 0.0149. The van der Waals surface area contributed by atoms with Gasteiger partial charge in [-0.25, -0.2) is 0 Å². The molecule has 0 spiro atoms. The van der Waals surface area contributed by atoms with Gasteiger partial charge in [0, 0.05) is 38.6 Å². The summed E-state index contributed by atoms with van der Waals surface area (Å²) in [6.07, 6.45) is 5.22. The number of rotatable bonds is 8. The van der Waals surface area contributed by atoms with E-state index < -0.39 is 6.61 Å². The van der Waals surface area contributed by atoms with Gasteiger partial charge in [0.15, 0.2) is 17.5 Å². The molecule has 1 aliphatic carbocycles. The number of carbonyl (C=O) groups excluding carboxylic acids is 1. The van der Waals surface area contributed by atoms with Gasteiger partial charge in [0.1, 0.15) is 0 Å². The summed E-state index contributed by atoms with van der Waals surface area (Å²) in [6.45, 7) is 1.12. The first kappa shape index (κ1) is 23.1. The monoisotopic (exact) mass is 438 g/mol. The van der Waals surface area contributed by atoms with Gasteiger partial charge in [-0.2, -0.15) is 8.78 Å². The van der Waals surface area contributed by atoms with Crippen molar-refractivity contribution in [1.82, 2.24) is 15.5 Å². The zero-order valence-electron chi connectivity index (χ0n) is 18.2. The Kier molecular flexibility index (Phi) is 8.31. The number of hydrogen-bond donors (Lipinski definition) is 2. The standard InChI is InChI=1S/C22H32F2N4O3/c1-3-30-19-12-15(8-9-18(19)31-21(23)24)13-26-22(25-2)27-17-10-11-28(14-17)20(29)16-6-4-5-7-16/h8-9,12,16-17,21H,3-7,10-11,13-14H2,1-2H3,(H2,25,26,27). The minimum atomic E-state index is -2.90. The number of hydrogen-bond acceptors (Lipinski definition) is 4. The number of ether oxygens (including phenoxy) is 2. The van der Waals surface area contributed by atoms with Gasteiger partial charge in [-0.1, -0.05) is 18.9 Å². The number of guanidine groups is 1. The van der Waals surface area contributed by atoms with E-state index in [1.54, 1.807) is 26.1 Å². The quantitative estimate of drug-likeness (QED) is 0.482. The lowest BCUT2D eigenvalue weighted by Crippen LogP contribution is -2.45. The summed E-state index contributed by atoms with van der Waals surface area (Å²) in [5.74, 6) is 1.42. The van der Waals surface area contributed by atoms with Crippen molar-refractivity contribution in [3.8, 4) is 11.5 Å². The number of nitrogens with zero attached hydrogens (tertiary/aromatic N) is 2. The first-order chi connectivity index (χ1) is 15.0. The lowest BCUT2D eigenvalue weighted by atomic mass is 10.1. The van der Waals surface area contributed by atoms with Crippen LogP contribution in [0.1, 0.15) is 44.6 Å². The van der Waals surface area contributed by atoms with Crippen LogP contribution in [0.15, 0.2) is 23.2 Å². The van der Waals surface area contributed by atoms with Crippen molar-refractivity contribution in [2.45, 2.75) is 58.2 Å². The molecule has 2 N–H and O–H groups in total. The molecule has 1 amide bonds. The maximum absolute atomic E-state index is 12.6. The zero-order chi connectivity index (χ0) is 22.2. The molecule has 1 saturated heterocycles. The smallest absolute Gasteiger partial charge is 0.387 e. The van der Waals surface area contributed by atoms with Gasteiger partial charge >= 0.3 is 6.61 Å². The third-order valence-corrected chi connectivity index (χ3v) is 5.75. The van der Waals surface area contributed by atoms with Crippen LogP contribution in [0.5, 0.6) is 11.5 Å². The molecule has 31 heavy (non-hydrogen) atoms. The van der Waals surface area contributed by atoms with E-state index >= 15 is 0 Å². The molecule has 1 aromatic rings. The number of benzene rings is 1. The molecule has 1 saturated carbocycles. The highest BCUT2D eigenvalue weighted by Crippen LogP contribution is 2.30. The lowest BCUT2D eigenvalue weighted by Gasteiger charge is -2.21. The average Bonchev–Trinajstić information content (AvgIpc) is 3.44. The molecule has 9 heteroatoms. The van der Waals surface area contributed by atoms with Gasteiger partial charge in [-0.3, -0.25) is 9.79 Å². The van der Waals surface area contributed by atoms with Gasteiger partial charge in [-0.15, -0.1) is 0 Å². The van der Waals surface area contributed by atoms with Crippen LogP contribution in [0.3, 0.4) is 0 Å². The third kappa shape index (κ3) is 6.45. The molecule has 7 nitrogen and oxygen atoms in total. The Balaban J connectivity index is 1.51. The molecule has 3 rings (SSSR count). The van der Waals surface area contributed by atoms with E-state index in [-0.39, 0.29) is 23.5 Å². The molecule has 2 aliphatic rings. The van der Waals surface area contributed by atoms with Gasteiger partial charge < -0.3 is 25.0 Å². The summed E-state index contributed by atoms with van der Waals surface area (Å²) in [5, 5.41) is 6.61. The first-order valence-corrected chi connectivity index (χ1v) is 11.0. The van der Waals surface area contributed by atoms with Gasteiger partial charge in [0.2, 0.25) is 5.91 Å². The van der Waals surface area contributed by atoms with E-state index in [1.807, 2.05) is 4.90 Å². The predicted molar refractivity (Wildman–Crippen MR) is 115 cm³/mol. The second kappa shape index (κ2) is 11.2. The van der Waals surface area contributed by atoms with Crippen LogP contribution < -0.4 is 20.1 Å². The fourth-order valence-corrected chi connectivity index (χ4v) is 4.21. The molecular weight excluding hydrogens is 406 g/mol. The Morgan fingerprint density at radius 3 is 2.71 bits per heavy atom. The second-order valence-electron chi connectivity index (χ2n) is 7.91. The van der Waals surface area contributed by atoms with Crippen LogP contribution >= 0.6 is 0 Å². The number of alkyl halides is 2. The van der Waals surface area contributed by atoms with Crippen molar-refractivity contribution in [3.05, 3.63) is 23.8 Å². The third-order valence-electron chi connectivity index (χ3n) is 5.75. The summed E-state index contributed by atoms with van der Waals surface area (Å²) >= 11 is 0. The molecule has 172 valence electrons. The maximum atomic E-state index is 12.6. The molecule has 1 aromatic carbocycles. The van der Waals surface area contributed by atoms with Crippen LogP contribution in [-0.4, -0.2) is 56.2 Å². The molecule has 1 atom stereocenters. The Hall–Kier alpha value is -2.58. The summed E-state index contributed by atoms with van der Waals surface area (Å²) in [5.41, 5.74) is 0.845. The number of amides is 1.